The maximum atomic E-state index is 12.0. The van der Waals surface area contributed by atoms with Gasteiger partial charge in [-0.2, -0.15) is 0 Å². The Labute approximate surface area is 147 Å². The lowest BCUT2D eigenvalue weighted by Crippen LogP contribution is -2.31. The van der Waals surface area contributed by atoms with Crippen LogP contribution >= 0.6 is 23.2 Å². The van der Waals surface area contributed by atoms with Crippen molar-refractivity contribution in [3.63, 3.8) is 0 Å². The number of carbonyl (C=O) groups excluding carboxylic acids is 2. The number of nitrogens with one attached hydrogen (secondary N) is 1. The smallest absolute Gasteiger partial charge is 0.345 e. The van der Waals surface area contributed by atoms with Crippen molar-refractivity contribution < 1.29 is 23.6 Å². The molecule has 7 nitrogen and oxygen atoms in total. The third-order valence-corrected chi connectivity index (χ3v) is 3.36. The van der Waals surface area contributed by atoms with Crippen LogP contribution in [-0.4, -0.2) is 29.7 Å². The molecule has 1 atom stereocenters. The van der Waals surface area contributed by atoms with E-state index in [1.807, 2.05) is 0 Å². The predicted molar refractivity (Wildman–Crippen MR) is 87.4 cm³/mol. The SMILES string of the molecule is Cc1cc(OCC(=O)O[C@H](C)C(=O)Nc2ccc(Cl)cc2Cl)no1. The van der Waals surface area contributed by atoms with Crippen molar-refractivity contribution in [1.82, 2.24) is 5.16 Å². The fraction of sp³-hybridized carbons (Fsp3) is 0.267. The number of esters is 1. The first-order valence-electron chi connectivity index (χ1n) is 6.86. The number of anilines is 1. The Kier molecular flexibility index (Phi) is 6.05. The highest BCUT2D eigenvalue weighted by Gasteiger charge is 2.19. The fourth-order valence-electron chi connectivity index (χ4n) is 1.65. The Morgan fingerprint density at radius 1 is 1.33 bits per heavy atom. The number of aryl methyl sites for hydroxylation is 1. The first-order chi connectivity index (χ1) is 11.3. The van der Waals surface area contributed by atoms with E-state index in [1.54, 1.807) is 19.1 Å². The summed E-state index contributed by atoms with van der Waals surface area (Å²) in [4.78, 5) is 23.7. The molecule has 1 N–H and O–H groups in total. The van der Waals surface area contributed by atoms with Gasteiger partial charge in [-0.1, -0.05) is 23.2 Å². The normalized spacial score (nSPS) is 11.7. The Morgan fingerprint density at radius 3 is 2.71 bits per heavy atom. The lowest BCUT2D eigenvalue weighted by molar-refractivity contribution is -0.155. The topological polar surface area (TPSA) is 90.7 Å². The quantitative estimate of drug-likeness (QED) is 0.782. The van der Waals surface area contributed by atoms with Gasteiger partial charge in [0.25, 0.3) is 11.8 Å². The first kappa shape index (κ1) is 18.1. The summed E-state index contributed by atoms with van der Waals surface area (Å²) in [6.07, 6.45) is -1.04. The van der Waals surface area contributed by atoms with Crippen LogP contribution in [0.2, 0.25) is 10.0 Å². The van der Waals surface area contributed by atoms with Gasteiger partial charge in [-0.3, -0.25) is 4.79 Å². The summed E-state index contributed by atoms with van der Waals surface area (Å²) in [5.74, 6) is -0.550. The van der Waals surface area contributed by atoms with E-state index in [9.17, 15) is 9.59 Å². The van der Waals surface area contributed by atoms with Gasteiger partial charge >= 0.3 is 5.97 Å². The summed E-state index contributed by atoms with van der Waals surface area (Å²) in [7, 11) is 0. The van der Waals surface area contributed by atoms with Crippen LogP contribution in [0.3, 0.4) is 0 Å². The van der Waals surface area contributed by atoms with E-state index in [4.69, 9.17) is 37.2 Å². The molecule has 0 unspecified atom stereocenters. The summed E-state index contributed by atoms with van der Waals surface area (Å²) in [6, 6.07) is 6.13. The van der Waals surface area contributed by atoms with E-state index < -0.39 is 24.6 Å². The molecule has 0 fully saturated rings. The fourth-order valence-corrected chi connectivity index (χ4v) is 2.11. The molecule has 0 bridgehead atoms. The van der Waals surface area contributed by atoms with Crippen LogP contribution in [0.15, 0.2) is 28.8 Å². The molecule has 1 aromatic carbocycles. The molecular formula is C15H14Cl2N2O5. The van der Waals surface area contributed by atoms with Gasteiger partial charge in [0, 0.05) is 11.1 Å². The number of halogens is 2. The van der Waals surface area contributed by atoms with Gasteiger partial charge in [-0.15, -0.1) is 0 Å². The van der Waals surface area contributed by atoms with Crippen LogP contribution in [0.5, 0.6) is 5.88 Å². The molecule has 0 spiro atoms. The Morgan fingerprint density at radius 2 is 2.08 bits per heavy atom. The second-order valence-corrected chi connectivity index (χ2v) is 5.65. The van der Waals surface area contributed by atoms with Crippen LogP contribution < -0.4 is 10.1 Å². The van der Waals surface area contributed by atoms with E-state index in [0.717, 1.165) is 0 Å². The molecule has 0 saturated heterocycles. The van der Waals surface area contributed by atoms with Gasteiger partial charge in [0.1, 0.15) is 5.76 Å². The molecule has 1 amide bonds. The zero-order chi connectivity index (χ0) is 17.7. The van der Waals surface area contributed by atoms with Crippen molar-refractivity contribution in [1.29, 1.82) is 0 Å². The van der Waals surface area contributed by atoms with E-state index in [0.29, 0.717) is 16.5 Å². The summed E-state index contributed by atoms with van der Waals surface area (Å²) in [6.45, 7) is 2.72. The molecule has 0 saturated carbocycles. The van der Waals surface area contributed by atoms with Crippen molar-refractivity contribution in [2.75, 3.05) is 11.9 Å². The molecule has 0 radical (unpaired) electrons. The Bertz CT molecular complexity index is 747. The number of nitrogens with zero attached hydrogens (tertiary/aromatic N) is 1. The Balaban J connectivity index is 1.83. The third kappa shape index (κ3) is 5.14. The largest absolute Gasteiger partial charge is 0.463 e. The van der Waals surface area contributed by atoms with Gasteiger partial charge in [-0.05, 0) is 37.2 Å². The van der Waals surface area contributed by atoms with E-state index >= 15 is 0 Å². The average Bonchev–Trinajstić information content (AvgIpc) is 2.93. The lowest BCUT2D eigenvalue weighted by Gasteiger charge is -2.14. The highest BCUT2D eigenvalue weighted by molar-refractivity contribution is 6.36. The highest BCUT2D eigenvalue weighted by atomic mass is 35.5. The number of aromatic nitrogens is 1. The Hall–Kier alpha value is -2.25. The summed E-state index contributed by atoms with van der Waals surface area (Å²) >= 11 is 11.7. The van der Waals surface area contributed by atoms with Gasteiger partial charge in [0.15, 0.2) is 12.7 Å². The van der Waals surface area contributed by atoms with Crippen molar-refractivity contribution in [3.8, 4) is 5.88 Å². The number of carbonyl (C=O) groups is 2. The zero-order valence-electron chi connectivity index (χ0n) is 12.8. The molecule has 24 heavy (non-hydrogen) atoms. The lowest BCUT2D eigenvalue weighted by atomic mass is 10.3. The number of amides is 1. The van der Waals surface area contributed by atoms with E-state index in [2.05, 4.69) is 10.5 Å². The van der Waals surface area contributed by atoms with Gasteiger partial charge < -0.3 is 19.3 Å². The van der Waals surface area contributed by atoms with Crippen molar-refractivity contribution in [2.45, 2.75) is 20.0 Å². The van der Waals surface area contributed by atoms with Crippen LogP contribution in [0.1, 0.15) is 12.7 Å². The zero-order valence-corrected chi connectivity index (χ0v) is 14.4. The standard InChI is InChI=1S/C15H14Cl2N2O5/c1-8-5-13(19-24-8)22-7-14(20)23-9(2)15(21)18-12-4-3-10(16)6-11(12)17/h3-6,9H,7H2,1-2H3,(H,18,21)/t9-/m1/s1. The number of hydrogen-bond acceptors (Lipinski definition) is 6. The van der Waals surface area contributed by atoms with Crippen LogP contribution in [0.4, 0.5) is 5.69 Å². The van der Waals surface area contributed by atoms with Crippen molar-refractivity contribution in [3.05, 3.63) is 40.1 Å². The molecule has 2 rings (SSSR count). The van der Waals surface area contributed by atoms with Gasteiger partial charge in [0.2, 0.25) is 0 Å². The molecule has 1 heterocycles. The molecule has 1 aromatic heterocycles. The maximum Gasteiger partial charge on any atom is 0.345 e. The molecule has 0 aliphatic carbocycles. The number of hydrogen-bond donors (Lipinski definition) is 1. The molecular weight excluding hydrogens is 359 g/mol. The van der Waals surface area contributed by atoms with Crippen molar-refractivity contribution >= 4 is 40.8 Å². The maximum absolute atomic E-state index is 12.0. The second-order valence-electron chi connectivity index (χ2n) is 4.81. The number of rotatable bonds is 6. The summed E-state index contributed by atoms with van der Waals surface area (Å²) in [5, 5.41) is 6.83. The van der Waals surface area contributed by atoms with E-state index in [1.165, 1.54) is 19.1 Å². The highest BCUT2D eigenvalue weighted by Crippen LogP contribution is 2.25. The van der Waals surface area contributed by atoms with Gasteiger partial charge in [-0.25, -0.2) is 4.79 Å². The average molecular weight is 373 g/mol. The number of ether oxygens (including phenoxy) is 2. The molecule has 0 aliphatic heterocycles. The first-order valence-corrected chi connectivity index (χ1v) is 7.62. The monoisotopic (exact) mass is 372 g/mol. The predicted octanol–water partition coefficient (Wildman–Crippen LogP) is 3.24. The van der Waals surface area contributed by atoms with Crippen molar-refractivity contribution in [2.24, 2.45) is 0 Å². The molecule has 0 aliphatic rings. The molecule has 2 aromatic rings. The third-order valence-electron chi connectivity index (χ3n) is 2.81. The van der Waals surface area contributed by atoms with Crippen LogP contribution in [-0.2, 0) is 14.3 Å². The van der Waals surface area contributed by atoms with Crippen LogP contribution in [0.25, 0.3) is 0 Å². The summed E-state index contributed by atoms with van der Waals surface area (Å²) in [5.41, 5.74) is 0.364. The minimum Gasteiger partial charge on any atom is -0.463 e. The minimum absolute atomic E-state index is 0.162. The molecule has 9 heteroatoms. The van der Waals surface area contributed by atoms with Crippen LogP contribution in [0, 0.1) is 6.92 Å². The molecule has 128 valence electrons. The second kappa shape index (κ2) is 8.03. The van der Waals surface area contributed by atoms with E-state index in [-0.39, 0.29) is 10.9 Å². The summed E-state index contributed by atoms with van der Waals surface area (Å²) < 4.78 is 14.8. The number of benzene rings is 1. The van der Waals surface area contributed by atoms with Gasteiger partial charge in [0.05, 0.1) is 10.7 Å². The minimum atomic E-state index is -1.04.